The molecule has 2 aliphatic rings. The van der Waals surface area contributed by atoms with E-state index in [2.05, 4.69) is 20.6 Å². The van der Waals surface area contributed by atoms with E-state index >= 15 is 0 Å². The highest BCUT2D eigenvalue weighted by Crippen LogP contribution is 2.33. The summed E-state index contributed by atoms with van der Waals surface area (Å²) in [4.78, 5) is 48.6. The second kappa shape index (κ2) is 16.4. The van der Waals surface area contributed by atoms with Crippen LogP contribution in [0, 0.1) is 11.3 Å². The fourth-order valence-corrected chi connectivity index (χ4v) is 7.38. The highest BCUT2D eigenvalue weighted by Gasteiger charge is 2.37. The number of carbonyl (C=O) groups excluding carboxylic acids is 3. The van der Waals surface area contributed by atoms with Gasteiger partial charge in [-0.15, -0.1) is 0 Å². The lowest BCUT2D eigenvalue weighted by Crippen LogP contribution is -2.53. The van der Waals surface area contributed by atoms with Crippen LogP contribution in [-0.4, -0.2) is 91.2 Å². The molecule has 4 N–H and O–H groups in total. The number of benzene rings is 1. The summed E-state index contributed by atoms with van der Waals surface area (Å²) in [6.07, 6.45) is 6.24. The first-order valence-corrected chi connectivity index (χ1v) is 18.9. The minimum atomic E-state index is -3.81. The molecule has 14 heteroatoms. The van der Waals surface area contributed by atoms with Gasteiger partial charge in [0.25, 0.3) is 0 Å². The Kier molecular flexibility index (Phi) is 12.7. The predicted octanol–water partition coefficient (Wildman–Crippen LogP) is 4.85. The number of pyridine rings is 1. The van der Waals surface area contributed by atoms with Gasteiger partial charge in [0.15, 0.2) is 0 Å². The van der Waals surface area contributed by atoms with E-state index in [-0.39, 0.29) is 47.6 Å². The fourth-order valence-electron chi connectivity index (χ4n) is 5.79. The molecule has 0 unspecified atom stereocenters. The van der Waals surface area contributed by atoms with Crippen molar-refractivity contribution >= 4 is 45.5 Å². The molecule has 2 aliphatic heterocycles. The van der Waals surface area contributed by atoms with Gasteiger partial charge in [0.05, 0.1) is 5.69 Å². The average Bonchev–Trinajstić information content (AvgIpc) is 3.17. The Hall–Kier alpha value is -4.30. The third-order valence-electron chi connectivity index (χ3n) is 8.21. The van der Waals surface area contributed by atoms with E-state index in [1.54, 1.807) is 37.9 Å². The van der Waals surface area contributed by atoms with Crippen LogP contribution in [-0.2, 0) is 24.3 Å². The molecule has 13 nitrogen and oxygen atoms in total. The molecule has 3 heterocycles. The number of amides is 3. The summed E-state index contributed by atoms with van der Waals surface area (Å²) in [5.41, 5.74) is 8.71. The number of aromatic nitrogens is 1. The number of carbonyl (C=O) groups is 3. The predicted molar refractivity (Wildman–Crippen MR) is 199 cm³/mol. The van der Waals surface area contributed by atoms with Gasteiger partial charge in [0, 0.05) is 87.1 Å². The first-order valence-electron chi connectivity index (χ1n) is 17.5. The molecule has 0 atom stereocenters. The Morgan fingerprint density at radius 2 is 1.75 bits per heavy atom. The number of aliphatic imine (C=N–C) groups is 1. The first kappa shape index (κ1) is 39.5. The van der Waals surface area contributed by atoms with Gasteiger partial charge in [-0.3, -0.25) is 14.6 Å². The molecule has 1 saturated heterocycles. The van der Waals surface area contributed by atoms with Crippen LogP contribution in [0.15, 0.2) is 52.1 Å². The van der Waals surface area contributed by atoms with Gasteiger partial charge in [-0.2, -0.15) is 4.31 Å². The van der Waals surface area contributed by atoms with Gasteiger partial charge >= 0.3 is 6.09 Å². The van der Waals surface area contributed by atoms with Crippen molar-refractivity contribution in [3.63, 3.8) is 0 Å². The molecule has 3 amide bonds. The third kappa shape index (κ3) is 11.3. The second-order valence-corrected chi connectivity index (χ2v) is 17.4. The Balaban J connectivity index is 1.43. The maximum absolute atomic E-state index is 13.7. The molecule has 2 aromatic rings. The van der Waals surface area contributed by atoms with Crippen molar-refractivity contribution in [2.45, 2.75) is 84.6 Å². The molecular weight excluding hydrogens is 671 g/mol. The topological polar surface area (TPSA) is 176 Å². The standard InChI is InChI=1S/C37H53N7O6S/c1-8-13-43(14-9-12-40-33(45)19-36(2,3)4)34(46)28-15-27-11-10-26(17-31(27)42-32(38)18-28)29-16-30(22-39-21-29)51(48,49)44-23-25(24-44)20-41-35(47)50-37(5,6)7/h10-11,15-17,21-22,25H,8-9,12-14,18-20,23-24H2,1-7H3,(H2,38,42)(H,40,45)(H,41,47). The van der Waals surface area contributed by atoms with Crippen molar-refractivity contribution in [2.24, 2.45) is 22.1 Å². The Labute approximate surface area is 302 Å². The monoisotopic (exact) mass is 723 g/mol. The molecule has 1 aromatic carbocycles. The molecule has 0 saturated carbocycles. The number of rotatable bonds is 13. The summed E-state index contributed by atoms with van der Waals surface area (Å²) in [5, 5.41) is 5.66. The number of nitrogens with zero attached hydrogens (tertiary/aromatic N) is 4. The molecule has 0 aliphatic carbocycles. The van der Waals surface area contributed by atoms with E-state index in [9.17, 15) is 22.8 Å². The molecule has 51 heavy (non-hydrogen) atoms. The van der Waals surface area contributed by atoms with Crippen LogP contribution < -0.4 is 16.4 Å². The van der Waals surface area contributed by atoms with Crippen LogP contribution in [0.1, 0.15) is 79.7 Å². The zero-order valence-electron chi connectivity index (χ0n) is 30.9. The molecule has 1 aromatic heterocycles. The van der Waals surface area contributed by atoms with Crippen molar-refractivity contribution in [1.29, 1.82) is 0 Å². The normalized spacial score (nSPS) is 15.4. The van der Waals surface area contributed by atoms with Crippen molar-refractivity contribution in [2.75, 3.05) is 39.3 Å². The quantitative estimate of drug-likeness (QED) is 0.246. The van der Waals surface area contributed by atoms with Crippen molar-refractivity contribution in [3.05, 3.63) is 47.8 Å². The Morgan fingerprint density at radius 1 is 1.02 bits per heavy atom. The zero-order valence-corrected chi connectivity index (χ0v) is 31.7. The number of hydrogen-bond donors (Lipinski definition) is 3. The van der Waals surface area contributed by atoms with E-state index in [0.717, 1.165) is 12.0 Å². The number of hydrogen-bond acceptors (Lipinski definition) is 9. The van der Waals surface area contributed by atoms with Crippen LogP contribution >= 0.6 is 0 Å². The van der Waals surface area contributed by atoms with E-state index in [1.807, 2.05) is 52.0 Å². The van der Waals surface area contributed by atoms with Crippen molar-refractivity contribution in [1.82, 2.24) is 24.8 Å². The van der Waals surface area contributed by atoms with E-state index < -0.39 is 21.7 Å². The van der Waals surface area contributed by atoms with Crippen LogP contribution in [0.25, 0.3) is 17.2 Å². The van der Waals surface area contributed by atoms with Gasteiger partial charge < -0.3 is 26.0 Å². The molecule has 278 valence electrons. The summed E-state index contributed by atoms with van der Waals surface area (Å²) < 4.78 is 33.5. The van der Waals surface area contributed by atoms with E-state index in [4.69, 9.17) is 10.5 Å². The Morgan fingerprint density at radius 3 is 2.41 bits per heavy atom. The highest BCUT2D eigenvalue weighted by molar-refractivity contribution is 7.89. The van der Waals surface area contributed by atoms with E-state index in [1.165, 1.54) is 10.5 Å². The minimum Gasteiger partial charge on any atom is -0.444 e. The molecule has 1 fully saturated rings. The number of amidine groups is 1. The summed E-state index contributed by atoms with van der Waals surface area (Å²) in [5.74, 6) is 0.145. The van der Waals surface area contributed by atoms with Crippen LogP contribution in [0.2, 0.25) is 0 Å². The number of nitrogens with one attached hydrogen (secondary N) is 2. The Bertz CT molecular complexity index is 1770. The zero-order chi connectivity index (χ0) is 37.6. The van der Waals surface area contributed by atoms with Crippen LogP contribution in [0.4, 0.5) is 10.5 Å². The first-order chi connectivity index (χ1) is 23.8. The van der Waals surface area contributed by atoms with Crippen LogP contribution in [0.3, 0.4) is 0 Å². The lowest BCUT2D eigenvalue weighted by Gasteiger charge is -2.38. The van der Waals surface area contributed by atoms with Gasteiger partial charge in [-0.05, 0) is 62.8 Å². The average molecular weight is 724 g/mol. The third-order valence-corrected chi connectivity index (χ3v) is 10.0. The highest BCUT2D eigenvalue weighted by atomic mass is 32.2. The van der Waals surface area contributed by atoms with Crippen molar-refractivity contribution in [3.8, 4) is 11.1 Å². The number of fused-ring (bicyclic) bond motifs is 1. The van der Waals surface area contributed by atoms with Gasteiger partial charge in [-0.25, -0.2) is 18.2 Å². The number of sulfonamides is 1. The lowest BCUT2D eigenvalue weighted by molar-refractivity contribution is -0.127. The fraction of sp³-hybridized carbons (Fsp3) is 0.541. The van der Waals surface area contributed by atoms with Crippen molar-refractivity contribution < 1.29 is 27.5 Å². The van der Waals surface area contributed by atoms with Crippen LogP contribution in [0.5, 0.6) is 0 Å². The van der Waals surface area contributed by atoms with Gasteiger partial charge in [0.1, 0.15) is 16.3 Å². The number of ether oxygens (including phenoxy) is 1. The summed E-state index contributed by atoms with van der Waals surface area (Å²) >= 11 is 0. The molecule has 4 rings (SSSR count). The largest absolute Gasteiger partial charge is 0.444 e. The SMILES string of the molecule is CCCN(CCCNC(=O)CC(C)(C)C)C(=O)C1=Cc2ccc(-c3cncc(S(=O)(=O)N4CC(CNC(=O)OC(C)(C)C)C4)c3)cc2N=C(N)C1. The minimum absolute atomic E-state index is 0.00210. The maximum Gasteiger partial charge on any atom is 0.407 e. The number of alkyl carbamates (subject to hydrolysis) is 1. The summed E-state index contributed by atoms with van der Waals surface area (Å²) in [6, 6.07) is 7.08. The molecule has 0 bridgehead atoms. The van der Waals surface area contributed by atoms with Gasteiger partial charge in [0.2, 0.25) is 21.8 Å². The second-order valence-electron chi connectivity index (χ2n) is 15.4. The molecule has 0 radical (unpaired) electrons. The van der Waals surface area contributed by atoms with Gasteiger partial charge in [-0.1, -0.05) is 39.8 Å². The summed E-state index contributed by atoms with van der Waals surface area (Å²) in [7, 11) is -3.81. The summed E-state index contributed by atoms with van der Waals surface area (Å²) in [6.45, 7) is 15.8. The maximum atomic E-state index is 13.7. The molecule has 0 spiro atoms. The molecular formula is C37H53N7O6S. The smallest absolute Gasteiger partial charge is 0.407 e. The lowest BCUT2D eigenvalue weighted by atomic mass is 9.92. The number of nitrogens with two attached hydrogens (primary N) is 1. The van der Waals surface area contributed by atoms with E-state index in [0.29, 0.717) is 67.2 Å².